The summed E-state index contributed by atoms with van der Waals surface area (Å²) in [7, 11) is 0. The Balaban J connectivity index is 1.14. The number of hydrogen-bond donors (Lipinski definition) is 0. The highest BCUT2D eigenvalue weighted by atomic mass is 32.1. The second-order valence-electron chi connectivity index (χ2n) is 15.2. The molecule has 0 aliphatic rings. The third-order valence-electron chi connectivity index (χ3n) is 11.8. The number of thiophene rings is 1. The summed E-state index contributed by atoms with van der Waals surface area (Å²) in [6.45, 7) is 0. The first-order valence-electron chi connectivity index (χ1n) is 19.8. The van der Waals surface area contributed by atoms with E-state index in [0.717, 1.165) is 60.7 Å². The third kappa shape index (κ3) is 5.00. The molecule has 0 N–H and O–H groups in total. The summed E-state index contributed by atoms with van der Waals surface area (Å²) < 4.78 is 11.5. The summed E-state index contributed by atoms with van der Waals surface area (Å²) in [4.78, 5) is 16.1. The number of para-hydroxylation sites is 2. The summed E-state index contributed by atoms with van der Waals surface area (Å²) in [5, 5.41) is 11.5. The number of hydrogen-bond acceptors (Lipinski definition) is 5. The Hall–Kier alpha value is -7.67. The predicted octanol–water partition coefficient (Wildman–Crippen LogP) is 14.5. The molecule has 0 atom stereocenters. The van der Waals surface area contributed by atoms with Crippen LogP contribution in [0.5, 0.6) is 0 Å². The number of benzene rings is 9. The van der Waals surface area contributed by atoms with E-state index in [1.165, 1.54) is 47.1 Å². The molecule has 0 spiro atoms. The Morgan fingerprint density at radius 1 is 0.373 bits per heavy atom. The maximum absolute atomic E-state index is 6.61. The van der Waals surface area contributed by atoms with E-state index < -0.39 is 0 Å². The molecule has 13 rings (SSSR count). The molecule has 0 saturated heterocycles. The van der Waals surface area contributed by atoms with E-state index in [1.54, 1.807) is 0 Å². The van der Waals surface area contributed by atoms with E-state index in [4.69, 9.17) is 19.4 Å². The van der Waals surface area contributed by atoms with Crippen LogP contribution in [-0.4, -0.2) is 19.5 Å². The second kappa shape index (κ2) is 12.4. The average molecular weight is 771 g/mol. The fourth-order valence-corrected chi connectivity index (χ4v) is 10.1. The first kappa shape index (κ1) is 32.4. The van der Waals surface area contributed by atoms with Gasteiger partial charge >= 0.3 is 0 Å². The summed E-state index contributed by atoms with van der Waals surface area (Å²) >= 11 is 1.81. The minimum Gasteiger partial charge on any atom is -0.456 e. The minimum absolute atomic E-state index is 0.585. The largest absolute Gasteiger partial charge is 0.456 e. The highest BCUT2D eigenvalue weighted by molar-refractivity contribution is 7.25. The quantitative estimate of drug-likeness (QED) is 0.179. The van der Waals surface area contributed by atoms with Crippen LogP contribution in [0.3, 0.4) is 0 Å². The molecule has 0 bridgehead atoms. The van der Waals surface area contributed by atoms with Gasteiger partial charge in [-0.15, -0.1) is 11.3 Å². The predicted molar refractivity (Wildman–Crippen MR) is 246 cm³/mol. The molecular formula is C53H30N4OS. The molecule has 0 fully saturated rings. The standard InChI is InChI=1S/C53H30N4OS/c1-2-12-32-25-35(22-21-31(32)11-1)51-54-52(36-23-24-50-42(27-36)39-17-7-10-20-49(39)59-50)56-53(55-51)43-29-41-38-16-6-9-19-47(38)58-48(41)30-46(43)57-44-18-8-5-15-37(44)40-26-33-13-3-4-14-34(33)28-45(40)57/h1-30H. The molecule has 13 aromatic rings. The molecule has 59 heavy (non-hydrogen) atoms. The van der Waals surface area contributed by atoms with Gasteiger partial charge in [0.1, 0.15) is 11.2 Å². The summed E-state index contributed by atoms with van der Waals surface area (Å²) in [5.74, 6) is 1.82. The lowest BCUT2D eigenvalue weighted by molar-refractivity contribution is 0.668. The van der Waals surface area contributed by atoms with Crippen molar-refractivity contribution in [2.45, 2.75) is 0 Å². The van der Waals surface area contributed by atoms with Gasteiger partial charge in [-0.25, -0.2) is 15.0 Å². The van der Waals surface area contributed by atoms with Crippen molar-refractivity contribution in [1.29, 1.82) is 0 Å². The van der Waals surface area contributed by atoms with Crippen molar-refractivity contribution in [3.8, 4) is 39.9 Å². The second-order valence-corrected chi connectivity index (χ2v) is 16.3. The molecule has 0 aliphatic carbocycles. The van der Waals surface area contributed by atoms with Crippen LogP contribution in [0.1, 0.15) is 0 Å². The van der Waals surface area contributed by atoms with Crippen LogP contribution in [0.15, 0.2) is 186 Å². The van der Waals surface area contributed by atoms with Gasteiger partial charge in [0, 0.05) is 64.5 Å². The van der Waals surface area contributed by atoms with Crippen molar-refractivity contribution in [2.75, 3.05) is 0 Å². The Morgan fingerprint density at radius 3 is 1.85 bits per heavy atom. The van der Waals surface area contributed by atoms with Gasteiger partial charge in [-0.05, 0) is 82.2 Å². The average Bonchev–Trinajstić information content (AvgIpc) is 3.96. The first-order chi connectivity index (χ1) is 29.2. The Kier molecular flexibility index (Phi) is 6.82. The molecular weight excluding hydrogens is 741 g/mol. The fourth-order valence-electron chi connectivity index (χ4n) is 8.99. The van der Waals surface area contributed by atoms with Crippen molar-refractivity contribution >= 4 is 96.8 Å². The van der Waals surface area contributed by atoms with Gasteiger partial charge in [0.2, 0.25) is 0 Å². The highest BCUT2D eigenvalue weighted by Crippen LogP contribution is 2.42. The zero-order valence-corrected chi connectivity index (χ0v) is 32.2. The molecule has 0 amide bonds. The number of nitrogens with zero attached hydrogens (tertiary/aromatic N) is 4. The first-order valence-corrected chi connectivity index (χ1v) is 20.6. The number of fused-ring (bicyclic) bond motifs is 11. The van der Waals surface area contributed by atoms with Gasteiger partial charge in [-0.1, -0.05) is 115 Å². The topological polar surface area (TPSA) is 56.7 Å². The van der Waals surface area contributed by atoms with Gasteiger partial charge in [-0.2, -0.15) is 0 Å². The Labute approximate surface area is 341 Å². The van der Waals surface area contributed by atoms with E-state index in [9.17, 15) is 0 Å². The SMILES string of the molecule is c1ccc2cc(-c3nc(-c4ccc5sc6ccccc6c5c4)nc(-c4cc5c(cc4-n4c6ccccc6c6cc7ccccc7cc64)oc4ccccc45)n3)ccc2c1. The lowest BCUT2D eigenvalue weighted by Gasteiger charge is -2.15. The lowest BCUT2D eigenvalue weighted by Crippen LogP contribution is -2.04. The highest BCUT2D eigenvalue weighted by Gasteiger charge is 2.23. The molecule has 0 unspecified atom stereocenters. The zero-order valence-electron chi connectivity index (χ0n) is 31.4. The van der Waals surface area contributed by atoms with Crippen molar-refractivity contribution in [2.24, 2.45) is 0 Å². The van der Waals surface area contributed by atoms with Gasteiger partial charge in [-0.3, -0.25) is 0 Å². The number of aromatic nitrogens is 4. The van der Waals surface area contributed by atoms with Crippen molar-refractivity contribution in [3.05, 3.63) is 182 Å². The van der Waals surface area contributed by atoms with Gasteiger partial charge in [0.05, 0.1) is 16.7 Å². The minimum atomic E-state index is 0.585. The van der Waals surface area contributed by atoms with E-state index in [1.807, 2.05) is 23.5 Å². The van der Waals surface area contributed by atoms with Crippen LogP contribution < -0.4 is 0 Å². The Morgan fingerprint density at radius 2 is 1.00 bits per heavy atom. The number of rotatable bonds is 4. The molecule has 4 aromatic heterocycles. The maximum Gasteiger partial charge on any atom is 0.166 e. The van der Waals surface area contributed by atoms with E-state index >= 15 is 0 Å². The molecule has 4 heterocycles. The van der Waals surface area contributed by atoms with E-state index in [-0.39, 0.29) is 0 Å². The molecule has 0 saturated carbocycles. The smallest absolute Gasteiger partial charge is 0.166 e. The van der Waals surface area contributed by atoms with Crippen LogP contribution in [0.4, 0.5) is 0 Å². The van der Waals surface area contributed by atoms with Crippen LogP contribution in [-0.2, 0) is 0 Å². The van der Waals surface area contributed by atoms with Gasteiger partial charge in [0.25, 0.3) is 0 Å². The fraction of sp³-hybridized carbons (Fsp3) is 0. The van der Waals surface area contributed by atoms with Crippen molar-refractivity contribution < 1.29 is 4.42 Å². The van der Waals surface area contributed by atoms with E-state index in [2.05, 4.69) is 174 Å². The normalized spacial score (nSPS) is 12.1. The Bertz CT molecular complexity index is 3870. The molecule has 5 nitrogen and oxygen atoms in total. The van der Waals surface area contributed by atoms with Crippen molar-refractivity contribution in [3.63, 3.8) is 0 Å². The van der Waals surface area contributed by atoms with Crippen LogP contribution >= 0.6 is 11.3 Å². The van der Waals surface area contributed by atoms with Crippen molar-refractivity contribution in [1.82, 2.24) is 19.5 Å². The molecule has 0 aliphatic heterocycles. The molecule has 6 heteroatoms. The summed E-state index contributed by atoms with van der Waals surface area (Å²) in [6.07, 6.45) is 0. The van der Waals surface area contributed by atoms with E-state index in [0.29, 0.717) is 17.5 Å². The zero-order chi connectivity index (χ0) is 38.6. The number of furan rings is 1. The lowest BCUT2D eigenvalue weighted by atomic mass is 10.0. The van der Waals surface area contributed by atoms with Crippen LogP contribution in [0.25, 0.3) is 125 Å². The third-order valence-corrected chi connectivity index (χ3v) is 12.9. The molecule has 0 radical (unpaired) electrons. The van der Waals surface area contributed by atoms with Crippen LogP contribution in [0, 0.1) is 0 Å². The molecule has 9 aromatic carbocycles. The monoisotopic (exact) mass is 770 g/mol. The van der Waals surface area contributed by atoms with Crippen LogP contribution in [0.2, 0.25) is 0 Å². The summed E-state index contributed by atoms with van der Waals surface area (Å²) in [5.41, 5.74) is 7.50. The maximum atomic E-state index is 6.61. The molecule has 274 valence electrons. The van der Waals surface area contributed by atoms with Gasteiger partial charge in [0.15, 0.2) is 17.5 Å². The van der Waals surface area contributed by atoms with Gasteiger partial charge < -0.3 is 8.98 Å². The summed E-state index contributed by atoms with van der Waals surface area (Å²) in [6, 6.07) is 64.5.